The van der Waals surface area contributed by atoms with E-state index in [0.29, 0.717) is 15.7 Å². The average Bonchev–Trinajstić information content (AvgIpc) is 3.12. The highest BCUT2D eigenvalue weighted by Gasteiger charge is 2.15. The molecule has 1 aromatic heterocycles. The number of hydrogen-bond acceptors (Lipinski definition) is 5. The molecule has 28 heavy (non-hydrogen) atoms. The molecule has 0 aliphatic heterocycles. The van der Waals surface area contributed by atoms with Crippen molar-refractivity contribution in [3.05, 3.63) is 79.5 Å². The molecule has 0 unspecified atom stereocenters. The molecule has 0 atom stereocenters. The first-order valence-corrected chi connectivity index (χ1v) is 8.84. The predicted octanol–water partition coefficient (Wildman–Crippen LogP) is 5.04. The summed E-state index contributed by atoms with van der Waals surface area (Å²) in [5, 5.41) is 18.1. The number of non-ortho nitro benzene ring substituents is 1. The Bertz CT molecular complexity index is 1030. The number of halogens is 3. The second kappa shape index (κ2) is 8.47. The second-order valence-electron chi connectivity index (χ2n) is 5.44. The molecule has 3 rings (SSSR count). The fourth-order valence-corrected chi connectivity index (χ4v) is 2.93. The van der Waals surface area contributed by atoms with Crippen molar-refractivity contribution in [3.8, 4) is 5.75 Å². The Hall–Kier alpha value is -2.81. The van der Waals surface area contributed by atoms with Crippen molar-refractivity contribution in [1.29, 1.82) is 0 Å². The minimum Gasteiger partial charge on any atom is -0.470 e. The monoisotopic (exact) mass is 440 g/mol. The third-order valence-electron chi connectivity index (χ3n) is 3.55. The number of ether oxygens (including phenoxy) is 1. The van der Waals surface area contributed by atoms with Crippen LogP contribution in [0.3, 0.4) is 0 Å². The number of carbonyl (C=O) groups excluding carboxylic acids is 1. The molecular weight excluding hydrogens is 431 g/mol. The van der Waals surface area contributed by atoms with Gasteiger partial charge in [-0.3, -0.25) is 14.9 Å². The zero-order chi connectivity index (χ0) is 20.3. The summed E-state index contributed by atoms with van der Waals surface area (Å²) in [6, 6.07) is 10.2. The quantitative estimate of drug-likeness (QED) is 0.427. The molecule has 0 saturated carbocycles. The van der Waals surface area contributed by atoms with Crippen molar-refractivity contribution in [2.24, 2.45) is 0 Å². The largest absolute Gasteiger partial charge is 0.470 e. The average molecular weight is 442 g/mol. The highest BCUT2D eigenvalue weighted by molar-refractivity contribution is 6.40. The maximum absolute atomic E-state index is 12.3. The molecule has 8 nitrogen and oxygen atoms in total. The fourth-order valence-electron chi connectivity index (χ4n) is 2.21. The standard InChI is InChI=1S/C17H11Cl3N4O4/c18-11-2-1-3-12(19)16(11)21-17(25)14-6-7-23(22-14)9-28-15-5-4-10(24(26)27)8-13(15)20/h1-8H,9H2,(H,21,25). The zero-order valence-electron chi connectivity index (χ0n) is 13.9. The van der Waals surface area contributed by atoms with Gasteiger partial charge in [0.2, 0.25) is 0 Å². The van der Waals surface area contributed by atoms with Crippen molar-refractivity contribution in [1.82, 2.24) is 9.78 Å². The van der Waals surface area contributed by atoms with Gasteiger partial charge in [0.25, 0.3) is 11.6 Å². The second-order valence-corrected chi connectivity index (χ2v) is 6.66. The van der Waals surface area contributed by atoms with Crippen molar-refractivity contribution in [3.63, 3.8) is 0 Å². The third kappa shape index (κ3) is 4.53. The number of para-hydroxylation sites is 1. The molecular formula is C17H11Cl3N4O4. The number of nitro groups is 1. The molecule has 1 amide bonds. The van der Waals surface area contributed by atoms with E-state index >= 15 is 0 Å². The summed E-state index contributed by atoms with van der Waals surface area (Å²) in [4.78, 5) is 22.5. The van der Waals surface area contributed by atoms with Gasteiger partial charge in [0, 0.05) is 18.3 Å². The SMILES string of the molecule is O=C(Nc1c(Cl)cccc1Cl)c1ccn(COc2ccc([N+](=O)[O-])cc2Cl)n1. The smallest absolute Gasteiger partial charge is 0.276 e. The minimum atomic E-state index is -0.556. The van der Waals surface area contributed by atoms with Crippen LogP contribution in [0.5, 0.6) is 5.75 Å². The molecule has 2 aromatic carbocycles. The molecule has 0 radical (unpaired) electrons. The number of aromatic nitrogens is 2. The van der Waals surface area contributed by atoms with Crippen molar-refractivity contribution in [2.45, 2.75) is 6.73 Å². The lowest BCUT2D eigenvalue weighted by Gasteiger charge is -2.08. The van der Waals surface area contributed by atoms with E-state index in [2.05, 4.69) is 10.4 Å². The molecule has 1 heterocycles. The molecule has 144 valence electrons. The Kier molecular flexibility index (Phi) is 6.03. The van der Waals surface area contributed by atoms with Crippen LogP contribution in [-0.2, 0) is 6.73 Å². The van der Waals surface area contributed by atoms with Crippen LogP contribution in [-0.4, -0.2) is 20.6 Å². The highest BCUT2D eigenvalue weighted by atomic mass is 35.5. The fraction of sp³-hybridized carbons (Fsp3) is 0.0588. The van der Waals surface area contributed by atoms with E-state index in [1.165, 1.54) is 35.1 Å². The van der Waals surface area contributed by atoms with Gasteiger partial charge in [-0.1, -0.05) is 40.9 Å². The Morgan fingerprint density at radius 3 is 2.50 bits per heavy atom. The number of nitrogens with one attached hydrogen (secondary N) is 1. The van der Waals surface area contributed by atoms with Gasteiger partial charge in [-0.2, -0.15) is 5.10 Å². The van der Waals surface area contributed by atoms with Gasteiger partial charge in [0.1, 0.15) is 5.75 Å². The molecule has 0 aliphatic rings. The molecule has 0 fully saturated rings. The number of nitrogens with zero attached hydrogens (tertiary/aromatic N) is 3. The lowest BCUT2D eigenvalue weighted by Crippen LogP contribution is -2.15. The van der Waals surface area contributed by atoms with Gasteiger partial charge < -0.3 is 10.1 Å². The van der Waals surface area contributed by atoms with Crippen molar-refractivity contribution < 1.29 is 14.5 Å². The Balaban J connectivity index is 1.66. The number of hydrogen-bond donors (Lipinski definition) is 1. The topological polar surface area (TPSA) is 99.3 Å². The first kappa shape index (κ1) is 19.9. The van der Waals surface area contributed by atoms with Crippen LogP contribution in [0, 0.1) is 10.1 Å². The Morgan fingerprint density at radius 2 is 1.86 bits per heavy atom. The zero-order valence-corrected chi connectivity index (χ0v) is 16.2. The van der Waals surface area contributed by atoms with Crippen LogP contribution in [0.2, 0.25) is 15.1 Å². The molecule has 0 spiro atoms. The van der Waals surface area contributed by atoms with E-state index in [4.69, 9.17) is 39.5 Å². The van der Waals surface area contributed by atoms with E-state index in [0.717, 1.165) is 0 Å². The maximum atomic E-state index is 12.3. The first-order valence-electron chi connectivity index (χ1n) is 7.70. The molecule has 11 heteroatoms. The highest BCUT2D eigenvalue weighted by Crippen LogP contribution is 2.30. The number of anilines is 1. The number of amides is 1. The molecule has 0 bridgehead atoms. The summed E-state index contributed by atoms with van der Waals surface area (Å²) in [7, 11) is 0. The van der Waals surface area contributed by atoms with Gasteiger partial charge in [-0.25, -0.2) is 4.68 Å². The normalized spacial score (nSPS) is 10.5. The van der Waals surface area contributed by atoms with Crippen LogP contribution in [0.25, 0.3) is 0 Å². The predicted molar refractivity (Wildman–Crippen MR) is 105 cm³/mol. The van der Waals surface area contributed by atoms with Gasteiger partial charge in [-0.15, -0.1) is 0 Å². The van der Waals surface area contributed by atoms with Crippen molar-refractivity contribution in [2.75, 3.05) is 5.32 Å². The number of nitro benzene ring substituents is 1. The Labute approximate surface area is 173 Å². The van der Waals surface area contributed by atoms with Crippen LogP contribution >= 0.6 is 34.8 Å². The lowest BCUT2D eigenvalue weighted by atomic mass is 10.3. The summed E-state index contributed by atoms with van der Waals surface area (Å²) in [5.41, 5.74) is 0.266. The molecule has 0 saturated heterocycles. The molecule has 1 N–H and O–H groups in total. The third-order valence-corrected chi connectivity index (χ3v) is 4.48. The summed E-state index contributed by atoms with van der Waals surface area (Å²) >= 11 is 18.0. The van der Waals surface area contributed by atoms with Gasteiger partial charge in [-0.05, 0) is 24.3 Å². The van der Waals surface area contributed by atoms with E-state index < -0.39 is 10.8 Å². The van der Waals surface area contributed by atoms with Crippen LogP contribution < -0.4 is 10.1 Å². The van der Waals surface area contributed by atoms with E-state index in [1.54, 1.807) is 18.2 Å². The maximum Gasteiger partial charge on any atom is 0.276 e. The first-order chi connectivity index (χ1) is 13.3. The van der Waals surface area contributed by atoms with E-state index in [1.807, 2.05) is 0 Å². The number of benzene rings is 2. The van der Waals surface area contributed by atoms with Crippen molar-refractivity contribution >= 4 is 52.1 Å². The summed E-state index contributed by atoms with van der Waals surface area (Å²) in [5.74, 6) is -0.251. The van der Waals surface area contributed by atoms with Gasteiger partial charge in [0.15, 0.2) is 12.4 Å². The number of carbonyl (C=O) groups is 1. The van der Waals surface area contributed by atoms with Crippen LogP contribution in [0.4, 0.5) is 11.4 Å². The van der Waals surface area contributed by atoms with Gasteiger partial charge >= 0.3 is 0 Å². The molecule has 3 aromatic rings. The molecule has 0 aliphatic carbocycles. The van der Waals surface area contributed by atoms with Gasteiger partial charge in [0.05, 0.1) is 25.7 Å². The Morgan fingerprint density at radius 1 is 1.14 bits per heavy atom. The summed E-state index contributed by atoms with van der Waals surface area (Å²) < 4.78 is 6.84. The van der Waals surface area contributed by atoms with E-state index in [-0.39, 0.29) is 28.9 Å². The van der Waals surface area contributed by atoms with Crippen LogP contribution in [0.1, 0.15) is 10.5 Å². The lowest BCUT2D eigenvalue weighted by molar-refractivity contribution is -0.384. The van der Waals surface area contributed by atoms with E-state index in [9.17, 15) is 14.9 Å². The number of rotatable bonds is 6. The minimum absolute atomic E-state index is 0.0579. The van der Waals surface area contributed by atoms with Crippen LogP contribution in [0.15, 0.2) is 48.7 Å². The summed E-state index contributed by atoms with van der Waals surface area (Å²) in [6.45, 7) is -0.0579. The summed E-state index contributed by atoms with van der Waals surface area (Å²) in [6.07, 6.45) is 1.53.